The van der Waals surface area contributed by atoms with E-state index in [9.17, 15) is 96.5 Å². The minimum Gasteiger partial charge on any atom is -0.489 e. The number of carboxylic acids is 18. The lowest BCUT2D eigenvalue weighted by Gasteiger charge is -2.14. The number of carbonyl (C=O) groups is 18. The van der Waals surface area contributed by atoms with Gasteiger partial charge in [-0.1, -0.05) is 122 Å². The Balaban J connectivity index is 0.000000340. The van der Waals surface area contributed by atoms with Crippen molar-refractivity contribution < 1.29 is 197 Å². The Morgan fingerprint density at radius 1 is 0.217 bits per heavy atom. The fraction of sp³-hybridized carbons (Fsp3) is 0.0980. The standard InChI is InChI=1S/C22H18O6.C14H14O6.C12H8O4.C10H10O4.C9H7ClO4.3C9H8O4.C8H6O4/c23-21(24)17-12-20(28-14-16-9-5-2-6-10-16)18(22(25)26)11-19(17)27-13-15-7-3-1-4-8-15;1-3-5-19-11-7-10(14(17)18)12(20-6-4-2)8-9(11)13(15)16;13-11(14)9-5-6-10(12(15)16)8-4-2-1-3-7(8)9;1-5-3-8(10(13)14)6(2)4-7(5)9(11)12;1-4-2-6(9(13)14)7(10)3-5(4)8(11)12;3*1-5-4-6(8(10)11)2-3-7(5)9(12)13;9-7(10)5-1-2-6(4-3-5)8(11)12/h1-12H,13-14H2,(H,23,24)(H,25,26);3-4,7-8H,1-2,5-6H2,(H,15,16)(H,17,18);1-6H,(H,13,14)(H,15,16);3-4H,1-2H3,(H,11,12)(H,13,14);2-3H,1H3,(H,11,12)(H,13,14);3*2-4H,1H3,(H,10,11)(H,12,13);1-4H,(H,9,10)(H,11,12). The van der Waals surface area contributed by atoms with Gasteiger partial charge in [-0.05, 0) is 236 Å². The van der Waals surface area contributed by atoms with Crippen molar-refractivity contribution in [3.63, 3.8) is 0 Å². The van der Waals surface area contributed by atoms with Gasteiger partial charge >= 0.3 is 107 Å². The lowest BCUT2D eigenvalue weighted by atomic mass is 10.00. The average molecular weight is 1990 g/mol. The Bertz CT molecular complexity index is 6330. The molecule has 0 bridgehead atoms. The summed E-state index contributed by atoms with van der Waals surface area (Å²) in [4.78, 5) is 194. The zero-order valence-corrected chi connectivity index (χ0v) is 76.4. The third kappa shape index (κ3) is 35.5. The van der Waals surface area contributed by atoms with Crippen LogP contribution in [0.3, 0.4) is 0 Å². The number of ether oxygens (including phenoxy) is 4. The molecule has 12 rings (SSSR count). The predicted molar refractivity (Wildman–Crippen MR) is 507 cm³/mol. The van der Waals surface area contributed by atoms with Crippen LogP contribution in [0.4, 0.5) is 0 Å². The van der Waals surface area contributed by atoms with Crippen molar-refractivity contribution in [2.75, 3.05) is 13.2 Å². The Morgan fingerprint density at radius 2 is 0.420 bits per heavy atom. The number of benzene rings is 12. The number of hydrogen-bond donors (Lipinski definition) is 18. The van der Waals surface area contributed by atoms with Crippen molar-refractivity contribution in [1.82, 2.24) is 0 Å². The lowest BCUT2D eigenvalue weighted by molar-refractivity contribution is 0.0672. The number of aromatic carboxylic acids is 18. The maximum Gasteiger partial charge on any atom is 0.339 e. The molecule has 40 nitrogen and oxygen atoms in total. The molecule has 0 heterocycles. The molecule has 0 aliphatic carbocycles. The number of halogens is 1. The molecule has 0 unspecified atom stereocenters. The lowest BCUT2D eigenvalue weighted by Crippen LogP contribution is -2.09. The van der Waals surface area contributed by atoms with Crippen molar-refractivity contribution in [3.8, 4) is 23.0 Å². The summed E-state index contributed by atoms with van der Waals surface area (Å²) in [5.41, 5.74) is 4.91. The largest absolute Gasteiger partial charge is 0.489 e. The molecule has 143 heavy (non-hydrogen) atoms. The van der Waals surface area contributed by atoms with E-state index in [0.29, 0.717) is 44.2 Å². The molecule has 0 aliphatic heterocycles. The van der Waals surface area contributed by atoms with Crippen LogP contribution < -0.4 is 18.9 Å². The molecule has 0 aliphatic rings. The van der Waals surface area contributed by atoms with E-state index in [-0.39, 0.29) is 155 Å². The second-order valence-corrected chi connectivity index (χ2v) is 29.3. The molecular weight excluding hydrogens is 1900 g/mol. The maximum atomic E-state index is 11.7. The van der Waals surface area contributed by atoms with Gasteiger partial charge < -0.3 is 111 Å². The fourth-order valence-corrected chi connectivity index (χ4v) is 12.2. The molecule has 0 amide bonds. The minimum atomic E-state index is -1.25. The average Bonchev–Trinajstić information content (AvgIpc) is 0.802. The summed E-state index contributed by atoms with van der Waals surface area (Å²) in [6, 6.07) is 54.1. The monoisotopic (exact) mass is 1990 g/mol. The number of carboxylic acid groups (broad SMARTS) is 18. The molecule has 742 valence electrons. The smallest absolute Gasteiger partial charge is 0.339 e. The molecular formula is C102H87ClO40. The van der Waals surface area contributed by atoms with E-state index in [1.165, 1.54) is 140 Å². The number of aryl methyl sites for hydroxylation is 6. The Hall–Kier alpha value is -19.7. The summed E-state index contributed by atoms with van der Waals surface area (Å²) in [5, 5.41) is 160. The second kappa shape index (κ2) is 55.4. The van der Waals surface area contributed by atoms with Crippen molar-refractivity contribution in [3.05, 3.63) is 399 Å². The zero-order valence-electron chi connectivity index (χ0n) is 75.7. The predicted octanol–water partition coefficient (Wildman–Crippen LogP) is 17.7. The zero-order chi connectivity index (χ0) is 108. The molecule has 0 radical (unpaired) electrons. The number of hydrogen-bond acceptors (Lipinski definition) is 22. The highest BCUT2D eigenvalue weighted by Crippen LogP contribution is 2.33. The summed E-state index contributed by atoms with van der Waals surface area (Å²) in [6.07, 6.45) is 2.85. The van der Waals surface area contributed by atoms with Gasteiger partial charge in [-0.3, -0.25) is 0 Å². The van der Waals surface area contributed by atoms with Gasteiger partial charge in [-0.2, -0.15) is 0 Å². The van der Waals surface area contributed by atoms with E-state index in [1.807, 2.05) is 60.7 Å². The van der Waals surface area contributed by atoms with E-state index in [2.05, 4.69) is 13.2 Å². The van der Waals surface area contributed by atoms with Crippen LogP contribution in [0.1, 0.15) is 231 Å². The van der Waals surface area contributed by atoms with Gasteiger partial charge in [0.25, 0.3) is 0 Å². The van der Waals surface area contributed by atoms with E-state index >= 15 is 0 Å². The van der Waals surface area contributed by atoms with Crippen LogP contribution >= 0.6 is 11.6 Å². The van der Waals surface area contributed by atoms with Crippen molar-refractivity contribution in [2.24, 2.45) is 0 Å². The van der Waals surface area contributed by atoms with Crippen molar-refractivity contribution in [2.45, 2.75) is 54.8 Å². The van der Waals surface area contributed by atoms with Crippen LogP contribution in [0.25, 0.3) is 10.8 Å². The molecule has 41 heteroatoms. The SMILES string of the molecule is C=CCOc1cc(C(=O)O)c(OCC=C)cc1C(=O)O.Cc1cc(C(=O)O)c(C)cc1C(=O)O.Cc1cc(C(=O)O)c(Cl)cc1C(=O)O.Cc1cc(C(=O)O)ccc1C(=O)O.Cc1cc(C(=O)O)ccc1C(=O)O.Cc1cc(C(=O)O)ccc1C(=O)O.O=C(O)c1cc(OCc2ccccc2)c(C(=O)O)cc1OCc1ccccc1.O=C(O)c1ccc(C(=O)O)c2ccccc12.O=C(O)c1ccc(C(=O)O)cc1. The molecule has 12 aromatic carbocycles. The molecule has 12 aromatic rings. The summed E-state index contributed by atoms with van der Waals surface area (Å²) >= 11 is 5.60. The second-order valence-electron chi connectivity index (χ2n) is 28.9. The highest BCUT2D eigenvalue weighted by atomic mass is 35.5. The van der Waals surface area contributed by atoms with E-state index in [1.54, 1.807) is 58.9 Å². The fourth-order valence-electron chi connectivity index (χ4n) is 11.9. The first-order valence-corrected chi connectivity index (χ1v) is 40.8. The first-order valence-electron chi connectivity index (χ1n) is 40.4. The summed E-state index contributed by atoms with van der Waals surface area (Å²) in [5.74, 6) is -20.0. The number of rotatable bonds is 30. The van der Waals surface area contributed by atoms with Crippen LogP contribution in [0.2, 0.25) is 5.02 Å². The van der Waals surface area contributed by atoms with Gasteiger partial charge in [-0.15, -0.1) is 0 Å². The quantitative estimate of drug-likeness (QED) is 0.0186. The van der Waals surface area contributed by atoms with Gasteiger partial charge in [0.15, 0.2) is 0 Å². The van der Waals surface area contributed by atoms with Crippen LogP contribution in [-0.2, 0) is 13.2 Å². The topological polar surface area (TPSA) is 708 Å². The van der Waals surface area contributed by atoms with Gasteiger partial charge in [0.05, 0.1) is 82.9 Å². The van der Waals surface area contributed by atoms with E-state index < -0.39 is 107 Å². The molecule has 0 aromatic heterocycles. The van der Waals surface area contributed by atoms with Crippen molar-refractivity contribution >= 4 is 130 Å². The summed E-state index contributed by atoms with van der Waals surface area (Å²) in [7, 11) is 0. The summed E-state index contributed by atoms with van der Waals surface area (Å²) < 4.78 is 21.5. The molecule has 0 atom stereocenters. The third-order valence-electron chi connectivity index (χ3n) is 19.0. The Kier molecular flexibility index (Phi) is 44.8. The number of fused-ring (bicyclic) bond motifs is 1. The van der Waals surface area contributed by atoms with E-state index in [4.69, 9.17) is 112 Å². The van der Waals surface area contributed by atoms with Gasteiger partial charge in [0, 0.05) is 0 Å². The van der Waals surface area contributed by atoms with Crippen LogP contribution in [0, 0.1) is 41.5 Å². The molecule has 0 fully saturated rings. The molecule has 18 N–H and O–H groups in total. The molecule has 0 spiro atoms. The Morgan fingerprint density at radius 3 is 0.643 bits per heavy atom. The highest BCUT2D eigenvalue weighted by Gasteiger charge is 2.25. The maximum absolute atomic E-state index is 11.7. The van der Waals surface area contributed by atoms with Crippen LogP contribution in [-0.4, -0.2) is 213 Å². The Labute approximate surface area is 813 Å². The van der Waals surface area contributed by atoms with Crippen molar-refractivity contribution in [1.29, 1.82) is 0 Å². The molecule has 0 saturated heterocycles. The molecule has 0 saturated carbocycles. The van der Waals surface area contributed by atoms with E-state index in [0.717, 1.165) is 29.3 Å². The minimum absolute atomic E-state index is 0.0139. The summed E-state index contributed by atoms with van der Waals surface area (Å²) in [6.45, 7) is 16.6. The first-order chi connectivity index (χ1) is 67.2. The highest BCUT2D eigenvalue weighted by molar-refractivity contribution is 6.34. The van der Waals surface area contributed by atoms with Gasteiger partial charge in [-0.25, -0.2) is 86.3 Å². The first kappa shape index (κ1) is 116. The third-order valence-corrected chi connectivity index (χ3v) is 19.3. The normalized spacial score (nSPS) is 9.84. The van der Waals surface area contributed by atoms with Gasteiger partial charge in [0.2, 0.25) is 0 Å². The van der Waals surface area contributed by atoms with Gasteiger partial charge in [0.1, 0.15) is 71.7 Å². The van der Waals surface area contributed by atoms with Crippen LogP contribution in [0.5, 0.6) is 23.0 Å². The van der Waals surface area contributed by atoms with Crippen LogP contribution in [0.15, 0.2) is 250 Å².